The van der Waals surface area contributed by atoms with Gasteiger partial charge in [0.05, 0.1) is 11.3 Å². The normalized spacial score (nSPS) is 22.9. The maximum absolute atomic E-state index is 14.5. The highest BCUT2D eigenvalue weighted by atomic mass is 28.4. The van der Waals surface area contributed by atoms with Crippen molar-refractivity contribution < 1.29 is 22.4 Å². The molecule has 1 fully saturated rings. The smallest absolute Gasteiger partial charge is 0.414 e. The first kappa shape index (κ1) is 32.1. The second-order valence-electron chi connectivity index (χ2n) is 15.4. The fraction of sp³-hybridized carbons (Fsp3) is 0.611. The molecular weight excluding hydrogens is 563 g/mol. The van der Waals surface area contributed by atoms with Crippen LogP contribution in [-0.4, -0.2) is 25.2 Å². The number of ketones is 1. The molecule has 1 aromatic carbocycles. The molecule has 0 aliphatic heterocycles. The molecule has 1 heterocycles. The van der Waals surface area contributed by atoms with E-state index in [4.69, 9.17) is 9.41 Å². The molecule has 0 bridgehead atoms. The van der Waals surface area contributed by atoms with Gasteiger partial charge in [-0.05, 0) is 97.7 Å². The molecule has 1 saturated carbocycles. The number of halogens is 3. The second-order valence-corrected chi connectivity index (χ2v) is 20.2. The van der Waals surface area contributed by atoms with E-state index in [0.717, 1.165) is 86.9 Å². The zero-order valence-corrected chi connectivity index (χ0v) is 28.0. The van der Waals surface area contributed by atoms with Crippen LogP contribution < -0.4 is 0 Å². The standard InChI is InChI=1S/C36H48F3NO2Si/c1-34(2,3)43(6,7)42-27-14-10-13-25(21-27)32-31(33(41)24-15-17-26(18-16-24)36(37,38)39)30(23-11-8-9-12-23)28-19-20-35(4,5)22-29(28)40-32/h10,13,15-18,23,25,27H,8-9,11-12,14,19-22H2,1-7H3/t25?,27-/m0/s1. The van der Waals surface area contributed by atoms with Crippen molar-refractivity contribution in [3.8, 4) is 0 Å². The van der Waals surface area contributed by atoms with Crippen molar-refractivity contribution in [2.45, 2.75) is 135 Å². The molecule has 7 heteroatoms. The molecule has 0 N–H and O–H groups in total. The summed E-state index contributed by atoms with van der Waals surface area (Å²) in [6.45, 7) is 15.9. The SMILES string of the molecule is CC1(C)CCc2c(nc(C3C=CC[C@H](O[Si](C)(C)C(C)(C)C)C3)c(C(=O)c3ccc(C(F)(F)F)cc3)c2C2CCCC2)C1. The van der Waals surface area contributed by atoms with E-state index in [2.05, 4.69) is 59.9 Å². The number of pyridine rings is 1. The minimum atomic E-state index is -4.45. The molecule has 234 valence electrons. The van der Waals surface area contributed by atoms with E-state index < -0.39 is 20.1 Å². The van der Waals surface area contributed by atoms with Crippen LogP contribution in [0.5, 0.6) is 0 Å². The van der Waals surface area contributed by atoms with Crippen molar-refractivity contribution in [1.82, 2.24) is 4.98 Å². The van der Waals surface area contributed by atoms with Crippen LogP contribution in [0, 0.1) is 5.41 Å². The van der Waals surface area contributed by atoms with Gasteiger partial charge in [0.1, 0.15) is 0 Å². The van der Waals surface area contributed by atoms with E-state index >= 15 is 0 Å². The monoisotopic (exact) mass is 611 g/mol. The summed E-state index contributed by atoms with van der Waals surface area (Å²) in [6, 6.07) is 4.74. The number of carbonyl (C=O) groups is 1. The van der Waals surface area contributed by atoms with Crippen LogP contribution in [0.25, 0.3) is 0 Å². The Morgan fingerprint density at radius 2 is 1.70 bits per heavy atom. The molecule has 1 unspecified atom stereocenters. The first-order chi connectivity index (χ1) is 20.0. The Hall–Kier alpha value is -2.25. The first-order valence-electron chi connectivity index (χ1n) is 16.1. The predicted octanol–water partition coefficient (Wildman–Crippen LogP) is 10.3. The van der Waals surface area contributed by atoms with Crippen molar-refractivity contribution in [3.05, 3.63) is 75.6 Å². The summed E-state index contributed by atoms with van der Waals surface area (Å²) in [7, 11) is -2.02. The van der Waals surface area contributed by atoms with E-state index in [-0.39, 0.29) is 34.2 Å². The molecule has 0 radical (unpaired) electrons. The Morgan fingerprint density at radius 1 is 1.05 bits per heavy atom. The summed E-state index contributed by atoms with van der Waals surface area (Å²) < 4.78 is 47.0. The lowest BCUT2D eigenvalue weighted by molar-refractivity contribution is -0.137. The maximum Gasteiger partial charge on any atom is 0.416 e. The number of alkyl halides is 3. The van der Waals surface area contributed by atoms with Crippen LogP contribution in [0.15, 0.2) is 36.4 Å². The lowest BCUT2D eigenvalue weighted by atomic mass is 9.71. The Morgan fingerprint density at radius 3 is 2.30 bits per heavy atom. The Kier molecular flexibility index (Phi) is 8.67. The molecule has 0 spiro atoms. The molecule has 0 saturated heterocycles. The minimum absolute atomic E-state index is 0.0362. The lowest BCUT2D eigenvalue weighted by Crippen LogP contribution is -2.44. The third-order valence-corrected chi connectivity index (χ3v) is 15.1. The van der Waals surface area contributed by atoms with Gasteiger partial charge in [0.2, 0.25) is 0 Å². The van der Waals surface area contributed by atoms with E-state index in [1.165, 1.54) is 17.7 Å². The maximum atomic E-state index is 14.5. The Bertz CT molecular complexity index is 1380. The lowest BCUT2D eigenvalue weighted by Gasteiger charge is -2.41. The number of carbonyl (C=O) groups excluding carboxylic acids is 1. The van der Waals surface area contributed by atoms with Crippen LogP contribution in [0.2, 0.25) is 18.1 Å². The highest BCUT2D eigenvalue weighted by Crippen LogP contribution is 2.47. The molecule has 5 rings (SSSR count). The van der Waals surface area contributed by atoms with Crippen molar-refractivity contribution in [3.63, 3.8) is 0 Å². The summed E-state index contributed by atoms with van der Waals surface area (Å²) >= 11 is 0. The van der Waals surface area contributed by atoms with Gasteiger partial charge in [-0.1, -0.05) is 71.7 Å². The fourth-order valence-corrected chi connectivity index (χ4v) is 8.39. The van der Waals surface area contributed by atoms with Crippen LogP contribution in [0.3, 0.4) is 0 Å². The topological polar surface area (TPSA) is 39.2 Å². The number of hydrogen-bond acceptors (Lipinski definition) is 3. The summed E-state index contributed by atoms with van der Waals surface area (Å²) in [6.07, 6.45) is 8.63. The molecular formula is C36H48F3NO2Si. The highest BCUT2D eigenvalue weighted by molar-refractivity contribution is 6.74. The van der Waals surface area contributed by atoms with E-state index in [9.17, 15) is 18.0 Å². The van der Waals surface area contributed by atoms with E-state index in [1.807, 2.05) is 0 Å². The molecule has 1 aromatic heterocycles. The Balaban J connectivity index is 1.65. The molecule has 2 aromatic rings. The van der Waals surface area contributed by atoms with Crippen LogP contribution >= 0.6 is 0 Å². The van der Waals surface area contributed by atoms with Gasteiger partial charge in [0.15, 0.2) is 14.1 Å². The molecule has 3 nitrogen and oxygen atoms in total. The van der Waals surface area contributed by atoms with Gasteiger partial charge in [-0.2, -0.15) is 13.2 Å². The van der Waals surface area contributed by atoms with Crippen molar-refractivity contribution in [2.75, 3.05) is 0 Å². The van der Waals surface area contributed by atoms with Gasteiger partial charge in [0, 0.05) is 28.8 Å². The number of hydrogen-bond donors (Lipinski definition) is 0. The van der Waals surface area contributed by atoms with Crippen molar-refractivity contribution in [1.29, 1.82) is 0 Å². The number of benzene rings is 1. The van der Waals surface area contributed by atoms with Crippen molar-refractivity contribution in [2.24, 2.45) is 5.41 Å². The average molecular weight is 612 g/mol. The predicted molar refractivity (Wildman–Crippen MR) is 169 cm³/mol. The molecule has 0 amide bonds. The summed E-state index contributed by atoms with van der Waals surface area (Å²) in [5.41, 5.74) is 4.58. The van der Waals surface area contributed by atoms with E-state index in [1.54, 1.807) is 0 Å². The van der Waals surface area contributed by atoms with Gasteiger partial charge in [-0.25, -0.2) is 0 Å². The van der Waals surface area contributed by atoms with Crippen LogP contribution in [-0.2, 0) is 23.4 Å². The van der Waals surface area contributed by atoms with E-state index in [0.29, 0.717) is 11.1 Å². The second kappa shape index (κ2) is 11.6. The number of fused-ring (bicyclic) bond motifs is 1. The third kappa shape index (κ3) is 6.73. The largest absolute Gasteiger partial charge is 0.416 e. The molecule has 3 aliphatic carbocycles. The van der Waals surface area contributed by atoms with Gasteiger partial charge >= 0.3 is 6.18 Å². The fourth-order valence-electron chi connectivity index (χ4n) is 7.02. The van der Waals surface area contributed by atoms with Gasteiger partial charge in [0.25, 0.3) is 0 Å². The zero-order chi connectivity index (χ0) is 31.4. The summed E-state index contributed by atoms with van der Waals surface area (Å²) in [5, 5.41) is 0.0820. The Labute approximate surface area is 256 Å². The minimum Gasteiger partial charge on any atom is -0.414 e. The number of nitrogens with zero attached hydrogens (tertiary/aromatic N) is 1. The van der Waals surface area contributed by atoms with Crippen LogP contribution in [0.4, 0.5) is 13.2 Å². The van der Waals surface area contributed by atoms with Gasteiger partial charge in [-0.3, -0.25) is 9.78 Å². The van der Waals surface area contributed by atoms with Gasteiger partial charge in [-0.15, -0.1) is 0 Å². The zero-order valence-electron chi connectivity index (χ0n) is 27.0. The number of allylic oxidation sites excluding steroid dienone is 1. The van der Waals surface area contributed by atoms with Crippen LogP contribution in [0.1, 0.15) is 135 Å². The summed E-state index contributed by atoms with van der Waals surface area (Å²) in [5.74, 6) is -0.0176. The molecule has 2 atom stereocenters. The molecule has 3 aliphatic rings. The average Bonchev–Trinajstić information content (AvgIpc) is 3.45. The van der Waals surface area contributed by atoms with Gasteiger partial charge < -0.3 is 4.43 Å². The molecule has 43 heavy (non-hydrogen) atoms. The quantitative estimate of drug-likeness (QED) is 0.185. The highest BCUT2D eigenvalue weighted by Gasteiger charge is 2.41. The number of aromatic nitrogens is 1. The number of rotatable bonds is 6. The summed E-state index contributed by atoms with van der Waals surface area (Å²) in [4.78, 5) is 19.9. The van der Waals surface area contributed by atoms with Crippen molar-refractivity contribution >= 4 is 14.1 Å². The first-order valence-corrected chi connectivity index (χ1v) is 19.0. The third-order valence-electron chi connectivity index (χ3n) is 10.5.